The van der Waals surface area contributed by atoms with Crippen LogP contribution in [0.15, 0.2) is 18.2 Å². The maximum absolute atomic E-state index is 11.0. The quantitative estimate of drug-likeness (QED) is 0.781. The predicted octanol–water partition coefficient (Wildman–Crippen LogP) is 4.37. The summed E-state index contributed by atoms with van der Waals surface area (Å²) in [7, 11) is -0.835. The molecule has 5 heteroatoms. The molecule has 1 radical (unpaired) electrons. The van der Waals surface area contributed by atoms with Crippen molar-refractivity contribution in [1.82, 2.24) is 5.32 Å². The average Bonchev–Trinajstić information content (AvgIpc) is 2.36. The monoisotopic (exact) mass is 340 g/mol. The molecule has 1 aromatic carbocycles. The zero-order chi connectivity index (χ0) is 16.9. The lowest BCUT2D eigenvalue weighted by atomic mass is 9.84. The first kappa shape index (κ1) is 19.2. The Balaban J connectivity index is 3.01. The standard InChI is InChI=1S/C17H27ClNO2Si/c1-12(20)19-10-9-13-7-8-15(18)14(11-13)16(17(2,3)4)21-22(5)6/h7-8,11,16H,9-10H2,1-6H3,(H,19,20). The van der Waals surface area contributed by atoms with Gasteiger partial charge in [0.05, 0.1) is 6.10 Å². The molecule has 0 aliphatic heterocycles. The largest absolute Gasteiger partial charge is 0.410 e. The van der Waals surface area contributed by atoms with Gasteiger partial charge in [0.1, 0.15) is 0 Å². The molecule has 0 aliphatic rings. The summed E-state index contributed by atoms with van der Waals surface area (Å²) in [4.78, 5) is 11.0. The van der Waals surface area contributed by atoms with Crippen LogP contribution in [0.2, 0.25) is 18.1 Å². The Kier molecular flexibility index (Phi) is 7.10. The zero-order valence-electron chi connectivity index (χ0n) is 14.4. The number of benzene rings is 1. The van der Waals surface area contributed by atoms with E-state index in [2.05, 4.69) is 45.2 Å². The number of carbonyl (C=O) groups excluding carboxylic acids is 1. The summed E-state index contributed by atoms with van der Waals surface area (Å²) in [5.41, 5.74) is 2.18. The molecule has 1 amide bonds. The molecule has 0 fully saturated rings. The van der Waals surface area contributed by atoms with E-state index < -0.39 is 9.04 Å². The minimum atomic E-state index is -0.835. The van der Waals surface area contributed by atoms with Crippen molar-refractivity contribution in [1.29, 1.82) is 0 Å². The van der Waals surface area contributed by atoms with E-state index in [4.69, 9.17) is 16.0 Å². The first-order chi connectivity index (χ1) is 10.1. The first-order valence-corrected chi connectivity index (χ1v) is 10.4. The number of carbonyl (C=O) groups is 1. The molecule has 123 valence electrons. The van der Waals surface area contributed by atoms with E-state index in [0.29, 0.717) is 6.54 Å². The van der Waals surface area contributed by atoms with Crippen molar-refractivity contribution in [3.05, 3.63) is 34.3 Å². The van der Waals surface area contributed by atoms with Gasteiger partial charge in [-0.15, -0.1) is 0 Å². The third-order valence-electron chi connectivity index (χ3n) is 3.27. The smallest absolute Gasteiger partial charge is 0.216 e. The van der Waals surface area contributed by atoms with Crippen molar-refractivity contribution < 1.29 is 9.22 Å². The van der Waals surface area contributed by atoms with E-state index in [0.717, 1.165) is 22.6 Å². The van der Waals surface area contributed by atoms with Crippen molar-refractivity contribution >= 4 is 26.5 Å². The summed E-state index contributed by atoms with van der Waals surface area (Å²) < 4.78 is 6.23. The molecular weight excluding hydrogens is 314 g/mol. The summed E-state index contributed by atoms with van der Waals surface area (Å²) >= 11 is 6.43. The minimum absolute atomic E-state index is 0.00528. The number of halogens is 1. The maximum atomic E-state index is 11.0. The van der Waals surface area contributed by atoms with E-state index in [1.807, 2.05) is 12.1 Å². The Morgan fingerprint density at radius 2 is 2.00 bits per heavy atom. The van der Waals surface area contributed by atoms with Crippen LogP contribution in [0.1, 0.15) is 44.9 Å². The second kappa shape index (κ2) is 8.13. The Morgan fingerprint density at radius 3 is 2.50 bits per heavy atom. The highest BCUT2D eigenvalue weighted by atomic mass is 35.5. The third-order valence-corrected chi connectivity index (χ3v) is 4.32. The van der Waals surface area contributed by atoms with Crippen molar-refractivity contribution in [3.63, 3.8) is 0 Å². The Labute approximate surface area is 141 Å². The molecule has 1 rings (SSSR count). The Morgan fingerprint density at radius 1 is 1.36 bits per heavy atom. The fourth-order valence-electron chi connectivity index (χ4n) is 2.27. The van der Waals surface area contributed by atoms with Gasteiger partial charge < -0.3 is 9.74 Å². The summed E-state index contributed by atoms with van der Waals surface area (Å²) in [5, 5.41) is 3.56. The molecule has 22 heavy (non-hydrogen) atoms. The van der Waals surface area contributed by atoms with E-state index in [-0.39, 0.29) is 17.4 Å². The molecule has 0 aliphatic carbocycles. The lowest BCUT2D eigenvalue weighted by Gasteiger charge is -2.33. The summed E-state index contributed by atoms with van der Waals surface area (Å²) in [6.45, 7) is 12.9. The molecule has 0 aromatic heterocycles. The van der Waals surface area contributed by atoms with Crippen LogP contribution < -0.4 is 5.32 Å². The average molecular weight is 341 g/mol. The molecule has 0 spiro atoms. The van der Waals surface area contributed by atoms with Crippen molar-refractivity contribution in [3.8, 4) is 0 Å². The highest BCUT2D eigenvalue weighted by Crippen LogP contribution is 2.40. The van der Waals surface area contributed by atoms with Crippen LogP contribution in [0.4, 0.5) is 0 Å². The van der Waals surface area contributed by atoms with Crippen LogP contribution in [-0.4, -0.2) is 21.5 Å². The Bertz CT molecular complexity index is 512. The van der Waals surface area contributed by atoms with Gasteiger partial charge in [0, 0.05) is 18.5 Å². The van der Waals surface area contributed by atoms with Crippen LogP contribution in [0, 0.1) is 5.41 Å². The normalized spacial score (nSPS) is 13.3. The molecule has 1 unspecified atom stereocenters. The molecular formula is C17H27ClNO2Si. The van der Waals surface area contributed by atoms with Crippen molar-refractivity contribution in [2.24, 2.45) is 5.41 Å². The fourth-order valence-corrected chi connectivity index (χ4v) is 3.44. The van der Waals surface area contributed by atoms with Gasteiger partial charge in [-0.1, -0.05) is 44.5 Å². The number of nitrogens with one attached hydrogen (secondary N) is 1. The molecule has 0 saturated heterocycles. The molecule has 1 atom stereocenters. The van der Waals surface area contributed by atoms with E-state index in [9.17, 15) is 4.79 Å². The fraction of sp³-hybridized carbons (Fsp3) is 0.588. The van der Waals surface area contributed by atoms with Crippen molar-refractivity contribution in [2.75, 3.05) is 6.54 Å². The number of amides is 1. The maximum Gasteiger partial charge on any atom is 0.216 e. The lowest BCUT2D eigenvalue weighted by molar-refractivity contribution is -0.118. The van der Waals surface area contributed by atoms with Gasteiger partial charge in [-0.25, -0.2) is 0 Å². The van der Waals surface area contributed by atoms with Crippen LogP contribution in [-0.2, 0) is 15.6 Å². The van der Waals surface area contributed by atoms with Gasteiger partial charge >= 0.3 is 0 Å². The van der Waals surface area contributed by atoms with E-state index in [1.165, 1.54) is 6.92 Å². The van der Waals surface area contributed by atoms with Gasteiger partial charge in [0.25, 0.3) is 0 Å². The van der Waals surface area contributed by atoms with E-state index in [1.54, 1.807) is 0 Å². The number of hydrogen-bond acceptors (Lipinski definition) is 2. The van der Waals surface area contributed by atoms with Gasteiger partial charge in [0.15, 0.2) is 0 Å². The molecule has 0 bridgehead atoms. The highest BCUT2D eigenvalue weighted by molar-refractivity contribution is 6.48. The molecule has 0 saturated carbocycles. The van der Waals surface area contributed by atoms with Crippen LogP contribution >= 0.6 is 11.6 Å². The highest BCUT2D eigenvalue weighted by Gasteiger charge is 2.29. The predicted molar refractivity (Wildman–Crippen MR) is 94.6 cm³/mol. The summed E-state index contributed by atoms with van der Waals surface area (Å²) in [5.74, 6) is -0.00528. The van der Waals surface area contributed by atoms with Gasteiger partial charge in [0.2, 0.25) is 14.9 Å². The second-order valence-electron chi connectivity index (χ2n) is 6.86. The van der Waals surface area contributed by atoms with Crippen LogP contribution in [0.5, 0.6) is 0 Å². The molecule has 0 heterocycles. The molecule has 3 nitrogen and oxygen atoms in total. The van der Waals surface area contributed by atoms with Gasteiger partial charge in [-0.3, -0.25) is 4.79 Å². The molecule has 1 aromatic rings. The lowest BCUT2D eigenvalue weighted by Crippen LogP contribution is -2.26. The SMILES string of the molecule is CC(=O)NCCc1ccc(Cl)c(C(O[Si](C)C)C(C)(C)C)c1. The van der Waals surface area contributed by atoms with Gasteiger partial charge in [-0.2, -0.15) is 0 Å². The van der Waals surface area contributed by atoms with Crippen molar-refractivity contribution in [2.45, 2.75) is 53.3 Å². The zero-order valence-corrected chi connectivity index (χ0v) is 16.2. The van der Waals surface area contributed by atoms with Crippen LogP contribution in [0.25, 0.3) is 0 Å². The second-order valence-corrected chi connectivity index (χ2v) is 9.32. The third kappa shape index (κ3) is 6.11. The minimum Gasteiger partial charge on any atom is -0.410 e. The number of hydrogen-bond donors (Lipinski definition) is 1. The topological polar surface area (TPSA) is 38.3 Å². The van der Waals surface area contributed by atoms with Gasteiger partial charge in [-0.05, 0) is 42.1 Å². The number of rotatable bonds is 6. The van der Waals surface area contributed by atoms with E-state index >= 15 is 0 Å². The Hall–Kier alpha value is -0.843. The van der Waals surface area contributed by atoms with Crippen LogP contribution in [0.3, 0.4) is 0 Å². The summed E-state index contributed by atoms with van der Waals surface area (Å²) in [6.07, 6.45) is 0.765. The first-order valence-electron chi connectivity index (χ1n) is 7.61. The molecule has 1 N–H and O–H groups in total. The summed E-state index contributed by atoms with van der Waals surface area (Å²) in [6, 6.07) is 6.06.